The van der Waals surface area contributed by atoms with Crippen LogP contribution in [0.4, 0.5) is 0 Å². The maximum Gasteiger partial charge on any atom is 0.226 e. The van der Waals surface area contributed by atoms with Crippen molar-refractivity contribution >= 4 is 17.4 Å². The number of aryl methyl sites for hydroxylation is 1. The van der Waals surface area contributed by atoms with Crippen molar-refractivity contribution in [2.45, 2.75) is 46.7 Å². The molecule has 0 bridgehead atoms. The minimum atomic E-state index is 0.347. The number of nitrogens with one attached hydrogen (secondary N) is 1. The summed E-state index contributed by atoms with van der Waals surface area (Å²) >= 11 is 0. The molecule has 0 aliphatic heterocycles. The molecule has 1 aliphatic rings. The second-order valence-electron chi connectivity index (χ2n) is 8.11. The van der Waals surface area contributed by atoms with Gasteiger partial charge in [-0.05, 0) is 49.9 Å². The predicted octanol–water partition coefficient (Wildman–Crippen LogP) is 5.61. The summed E-state index contributed by atoms with van der Waals surface area (Å²) in [6.07, 6.45) is 4.85. The van der Waals surface area contributed by atoms with Crippen LogP contribution in [0.15, 0.2) is 57.6 Å². The van der Waals surface area contributed by atoms with Gasteiger partial charge in [0.25, 0.3) is 0 Å². The molecule has 192 valence electrons. The maximum absolute atomic E-state index is 10.1. The van der Waals surface area contributed by atoms with Crippen LogP contribution in [-0.2, 0) is 17.9 Å². The third-order valence-electron chi connectivity index (χ3n) is 5.60. The Labute approximate surface area is 211 Å². The van der Waals surface area contributed by atoms with E-state index in [0.717, 1.165) is 45.9 Å². The van der Waals surface area contributed by atoms with Gasteiger partial charge >= 0.3 is 0 Å². The van der Waals surface area contributed by atoms with Crippen LogP contribution < -0.4 is 20.5 Å². The van der Waals surface area contributed by atoms with Gasteiger partial charge in [-0.3, -0.25) is 4.79 Å². The monoisotopic (exact) mass is 493 g/mol. The molecule has 8 nitrogen and oxygen atoms in total. The van der Waals surface area contributed by atoms with E-state index in [2.05, 4.69) is 10.3 Å². The first-order valence-corrected chi connectivity index (χ1v) is 12.2. The Morgan fingerprint density at radius 2 is 1.94 bits per heavy atom. The summed E-state index contributed by atoms with van der Waals surface area (Å²) in [5, 5.41) is 3.65. The number of fused-ring (bicyclic) bond motifs is 1. The minimum Gasteiger partial charge on any atom is -0.493 e. The zero-order chi connectivity index (χ0) is 25.9. The quantitative estimate of drug-likeness (QED) is 0.291. The van der Waals surface area contributed by atoms with Gasteiger partial charge in [-0.2, -0.15) is 0 Å². The smallest absolute Gasteiger partial charge is 0.226 e. The first-order valence-electron chi connectivity index (χ1n) is 12.2. The molecule has 36 heavy (non-hydrogen) atoms. The molecule has 8 heteroatoms. The molecule has 1 amide bonds. The Bertz CT molecular complexity index is 1240. The molecular weight excluding hydrogens is 458 g/mol. The fraction of sp³-hybridized carbons (Fsp3) is 0.357. The summed E-state index contributed by atoms with van der Waals surface area (Å²) in [4.78, 5) is 14.5. The van der Waals surface area contributed by atoms with Gasteiger partial charge in [0.05, 0.1) is 32.2 Å². The molecule has 5 rings (SSSR count). The van der Waals surface area contributed by atoms with Gasteiger partial charge in [0.2, 0.25) is 12.3 Å². The highest BCUT2D eigenvalue weighted by Crippen LogP contribution is 2.35. The molecule has 1 aliphatic carbocycles. The number of oxazole rings is 1. The number of hydrogen-bond donors (Lipinski definition) is 2. The summed E-state index contributed by atoms with van der Waals surface area (Å²) in [6.45, 7) is 7.49. The van der Waals surface area contributed by atoms with Crippen LogP contribution in [-0.4, -0.2) is 25.1 Å². The summed E-state index contributed by atoms with van der Waals surface area (Å²) in [7, 11) is 1.64. The summed E-state index contributed by atoms with van der Waals surface area (Å²) in [5.41, 5.74) is 9.17. The summed E-state index contributed by atoms with van der Waals surface area (Å²) < 4.78 is 22.2. The number of carbonyl (C=O) groups is 1. The number of rotatable bonds is 9. The van der Waals surface area contributed by atoms with E-state index in [-0.39, 0.29) is 0 Å². The van der Waals surface area contributed by atoms with E-state index < -0.39 is 0 Å². The van der Waals surface area contributed by atoms with Crippen molar-refractivity contribution in [3.05, 3.63) is 65.7 Å². The summed E-state index contributed by atoms with van der Waals surface area (Å²) in [5.74, 6) is 3.41. The molecule has 2 aromatic heterocycles. The molecule has 0 unspecified atom stereocenters. The lowest BCUT2D eigenvalue weighted by Gasteiger charge is -2.11. The molecular formula is C28H35N3O5. The van der Waals surface area contributed by atoms with Crippen molar-refractivity contribution in [1.82, 2.24) is 10.3 Å². The molecule has 3 N–H and O–H groups in total. The third kappa shape index (κ3) is 6.88. The number of hydrogen-bond acceptors (Lipinski definition) is 7. The molecule has 4 aromatic rings. The molecule has 0 atom stereocenters. The zero-order valence-electron chi connectivity index (χ0n) is 21.4. The van der Waals surface area contributed by atoms with Crippen LogP contribution in [0, 0.1) is 12.8 Å². The number of para-hydroxylation sites is 1. The highest BCUT2D eigenvalue weighted by molar-refractivity contribution is 5.80. The van der Waals surface area contributed by atoms with Crippen LogP contribution in [0.5, 0.6) is 11.5 Å². The molecule has 0 radical (unpaired) electrons. The van der Waals surface area contributed by atoms with Crippen molar-refractivity contribution in [2.24, 2.45) is 11.7 Å². The normalized spacial score (nSPS) is 12.1. The van der Waals surface area contributed by atoms with E-state index in [1.54, 1.807) is 13.4 Å². The number of benzene rings is 2. The fourth-order valence-corrected chi connectivity index (χ4v) is 3.48. The van der Waals surface area contributed by atoms with Gasteiger partial charge in [-0.25, -0.2) is 4.98 Å². The number of ether oxygens (including phenoxy) is 2. The lowest BCUT2D eigenvalue weighted by atomic mass is 10.2. The van der Waals surface area contributed by atoms with Gasteiger partial charge in [0.15, 0.2) is 11.5 Å². The van der Waals surface area contributed by atoms with E-state index in [0.29, 0.717) is 37.1 Å². The van der Waals surface area contributed by atoms with E-state index in [1.807, 2.05) is 63.2 Å². The Morgan fingerprint density at radius 1 is 1.17 bits per heavy atom. The van der Waals surface area contributed by atoms with Crippen molar-refractivity contribution in [3.63, 3.8) is 0 Å². The zero-order valence-corrected chi connectivity index (χ0v) is 21.4. The first-order chi connectivity index (χ1) is 17.6. The Hall–Kier alpha value is -3.78. The second-order valence-corrected chi connectivity index (χ2v) is 8.11. The third-order valence-corrected chi connectivity index (χ3v) is 5.60. The van der Waals surface area contributed by atoms with E-state index in [9.17, 15) is 4.79 Å². The van der Waals surface area contributed by atoms with Crippen LogP contribution in [0.3, 0.4) is 0 Å². The van der Waals surface area contributed by atoms with Crippen LogP contribution in [0.2, 0.25) is 0 Å². The fourth-order valence-electron chi connectivity index (χ4n) is 3.48. The number of aromatic nitrogens is 1. The van der Waals surface area contributed by atoms with Crippen LogP contribution in [0.25, 0.3) is 22.4 Å². The van der Waals surface area contributed by atoms with Gasteiger partial charge in [0.1, 0.15) is 11.3 Å². The highest BCUT2D eigenvalue weighted by Gasteiger charge is 2.23. The Balaban J connectivity index is 0.000000206. The lowest BCUT2D eigenvalue weighted by Crippen LogP contribution is -2.08. The molecule has 1 saturated carbocycles. The van der Waals surface area contributed by atoms with E-state index in [4.69, 9.17) is 24.0 Å². The maximum atomic E-state index is 10.1. The topological polar surface area (TPSA) is 113 Å². The Morgan fingerprint density at radius 3 is 2.61 bits per heavy atom. The summed E-state index contributed by atoms with van der Waals surface area (Å²) in [6, 6.07) is 13.4. The lowest BCUT2D eigenvalue weighted by molar-refractivity contribution is -0.109. The standard InChI is InChI=1S/C16H20N2O3.C10H9NO2.C2H6/c1-10-15(8-17)21-16(18-10)12-5-6-13(19-2)14(7-12)20-9-11-3-4-11;12-7-11-5-8-6-13-10-4-2-1-3-9(8)10;1-2/h5-7,11H,3-4,8-9,17H2,1-2H3;1-4,6-7H,5H2,(H,11,12);1-2H3. The van der Waals surface area contributed by atoms with Gasteiger partial charge in [0, 0.05) is 23.1 Å². The largest absolute Gasteiger partial charge is 0.493 e. The average Bonchev–Trinajstić information content (AvgIpc) is 3.55. The van der Waals surface area contributed by atoms with E-state index in [1.165, 1.54) is 12.8 Å². The van der Waals surface area contributed by atoms with Crippen LogP contribution in [0.1, 0.15) is 43.7 Å². The first kappa shape index (κ1) is 26.8. The SMILES string of the molecule is CC.COc1ccc(-c2nc(C)c(CN)o2)cc1OCC1CC1.O=CNCc1coc2ccccc12. The number of methoxy groups -OCH3 is 1. The van der Waals surface area contributed by atoms with Gasteiger partial charge in [-0.1, -0.05) is 32.0 Å². The molecule has 1 fully saturated rings. The van der Waals surface area contributed by atoms with Crippen molar-refractivity contribution in [1.29, 1.82) is 0 Å². The van der Waals surface area contributed by atoms with Crippen LogP contribution >= 0.6 is 0 Å². The second kappa shape index (κ2) is 13.3. The molecule has 2 aromatic carbocycles. The molecule has 0 spiro atoms. The average molecular weight is 494 g/mol. The number of nitrogens with zero attached hydrogens (tertiary/aromatic N) is 1. The number of amides is 1. The van der Waals surface area contributed by atoms with Gasteiger partial charge < -0.3 is 29.4 Å². The van der Waals surface area contributed by atoms with Crippen molar-refractivity contribution in [2.75, 3.05) is 13.7 Å². The minimum absolute atomic E-state index is 0.347. The number of furan rings is 1. The van der Waals surface area contributed by atoms with Crippen molar-refractivity contribution in [3.8, 4) is 23.0 Å². The molecule has 2 heterocycles. The molecule has 0 saturated heterocycles. The highest BCUT2D eigenvalue weighted by atomic mass is 16.5. The number of carbonyl (C=O) groups excluding carboxylic acids is 1. The van der Waals surface area contributed by atoms with Crippen molar-refractivity contribution < 1.29 is 23.1 Å². The van der Waals surface area contributed by atoms with Gasteiger partial charge in [-0.15, -0.1) is 0 Å². The van der Waals surface area contributed by atoms with E-state index >= 15 is 0 Å². The predicted molar refractivity (Wildman–Crippen MR) is 140 cm³/mol. The Kier molecular flexibility index (Phi) is 9.94. The number of nitrogens with two attached hydrogens (primary N) is 1.